The molecule has 1 heterocycles. The van der Waals surface area contributed by atoms with E-state index in [4.69, 9.17) is 10.5 Å². The topological polar surface area (TPSA) is 71.2 Å². The Bertz CT molecular complexity index is 426. The highest BCUT2D eigenvalue weighted by Crippen LogP contribution is 2.25. The molecule has 1 aliphatic carbocycles. The van der Waals surface area contributed by atoms with Gasteiger partial charge in [0, 0.05) is 19.6 Å². The second-order valence-corrected chi connectivity index (χ2v) is 7.36. The van der Waals surface area contributed by atoms with Crippen LogP contribution in [0.3, 0.4) is 0 Å². The molecule has 1 saturated carbocycles. The predicted molar refractivity (Wildman–Crippen MR) is 87.9 cm³/mol. The Morgan fingerprint density at radius 1 is 1.32 bits per heavy atom. The highest BCUT2D eigenvalue weighted by atomic mass is 16.6. The summed E-state index contributed by atoms with van der Waals surface area (Å²) in [7, 11) is 1.99. The van der Waals surface area contributed by atoms with Gasteiger partial charge in [0.05, 0.1) is 12.6 Å². The van der Waals surface area contributed by atoms with Crippen LogP contribution in [0.15, 0.2) is 4.99 Å². The Labute approximate surface area is 133 Å². The first-order valence-corrected chi connectivity index (χ1v) is 8.30. The summed E-state index contributed by atoms with van der Waals surface area (Å²) in [6.45, 7) is 6.98. The Balaban J connectivity index is 1.94. The fraction of sp³-hybridized carbons (Fsp3) is 0.875. The van der Waals surface area contributed by atoms with E-state index in [9.17, 15) is 4.79 Å². The molecule has 0 aromatic rings. The quantitative estimate of drug-likeness (QED) is 0.641. The summed E-state index contributed by atoms with van der Waals surface area (Å²) in [5.74, 6) is 0.581. The lowest BCUT2D eigenvalue weighted by molar-refractivity contribution is 0.0109. The van der Waals surface area contributed by atoms with Crippen molar-refractivity contribution in [2.75, 3.05) is 20.1 Å². The van der Waals surface area contributed by atoms with Gasteiger partial charge in [-0.1, -0.05) is 0 Å². The van der Waals surface area contributed by atoms with Gasteiger partial charge >= 0.3 is 6.09 Å². The van der Waals surface area contributed by atoms with Gasteiger partial charge in [0.15, 0.2) is 5.96 Å². The molecule has 1 saturated heterocycles. The van der Waals surface area contributed by atoms with Crippen LogP contribution < -0.4 is 5.73 Å². The van der Waals surface area contributed by atoms with Gasteiger partial charge in [-0.2, -0.15) is 0 Å². The Morgan fingerprint density at radius 3 is 2.59 bits per heavy atom. The Morgan fingerprint density at radius 2 is 2.00 bits per heavy atom. The number of hydrogen-bond donors (Lipinski definition) is 1. The lowest BCUT2D eigenvalue weighted by Gasteiger charge is -2.36. The molecule has 1 aliphatic heterocycles. The monoisotopic (exact) mass is 310 g/mol. The third kappa shape index (κ3) is 4.78. The number of nitrogens with two attached hydrogens (primary N) is 1. The van der Waals surface area contributed by atoms with Crippen LogP contribution in [0.1, 0.15) is 52.9 Å². The van der Waals surface area contributed by atoms with Gasteiger partial charge in [-0.25, -0.2) is 4.79 Å². The molecule has 2 N–H and O–H groups in total. The van der Waals surface area contributed by atoms with Gasteiger partial charge in [-0.05, 0) is 52.9 Å². The number of rotatable bonds is 3. The van der Waals surface area contributed by atoms with Crippen molar-refractivity contribution in [2.45, 2.75) is 70.6 Å². The number of hydrogen-bond acceptors (Lipinski definition) is 3. The largest absolute Gasteiger partial charge is 0.444 e. The van der Waals surface area contributed by atoms with Gasteiger partial charge in [-0.15, -0.1) is 0 Å². The van der Waals surface area contributed by atoms with E-state index in [1.807, 2.05) is 37.6 Å². The third-order valence-corrected chi connectivity index (χ3v) is 4.18. The molecule has 0 aromatic heterocycles. The molecule has 22 heavy (non-hydrogen) atoms. The van der Waals surface area contributed by atoms with Crippen molar-refractivity contribution in [3.8, 4) is 0 Å². The molecule has 0 aromatic carbocycles. The number of amides is 1. The maximum atomic E-state index is 12.3. The fourth-order valence-corrected chi connectivity index (χ4v) is 2.71. The molecule has 0 bridgehead atoms. The Hall–Kier alpha value is -1.46. The van der Waals surface area contributed by atoms with E-state index >= 15 is 0 Å². The number of carbonyl (C=O) groups excluding carboxylic acids is 1. The van der Waals surface area contributed by atoms with Crippen molar-refractivity contribution < 1.29 is 9.53 Å². The van der Waals surface area contributed by atoms with E-state index in [0.29, 0.717) is 18.5 Å². The zero-order valence-corrected chi connectivity index (χ0v) is 14.3. The summed E-state index contributed by atoms with van der Waals surface area (Å²) in [5.41, 5.74) is 5.58. The van der Waals surface area contributed by atoms with Crippen molar-refractivity contribution in [3.63, 3.8) is 0 Å². The highest BCUT2D eigenvalue weighted by Gasteiger charge is 2.31. The highest BCUT2D eigenvalue weighted by molar-refractivity contribution is 5.78. The van der Waals surface area contributed by atoms with E-state index in [1.54, 1.807) is 0 Å². The first-order valence-electron chi connectivity index (χ1n) is 8.30. The molecule has 0 unspecified atom stereocenters. The minimum absolute atomic E-state index is 0.0924. The zero-order valence-electron chi connectivity index (χ0n) is 14.3. The summed E-state index contributed by atoms with van der Waals surface area (Å²) in [6, 6.07) is 0.645. The van der Waals surface area contributed by atoms with Gasteiger partial charge in [-0.3, -0.25) is 4.99 Å². The van der Waals surface area contributed by atoms with E-state index in [0.717, 1.165) is 25.8 Å². The van der Waals surface area contributed by atoms with Gasteiger partial charge in [0.2, 0.25) is 0 Å². The number of likely N-dealkylation sites (tertiary alicyclic amines) is 1. The van der Waals surface area contributed by atoms with Crippen molar-refractivity contribution >= 4 is 12.1 Å². The molecule has 6 nitrogen and oxygen atoms in total. The van der Waals surface area contributed by atoms with Crippen LogP contribution in [0.25, 0.3) is 0 Å². The van der Waals surface area contributed by atoms with Gasteiger partial charge in [0.1, 0.15) is 5.60 Å². The number of carbonyl (C=O) groups is 1. The van der Waals surface area contributed by atoms with Crippen LogP contribution in [0.5, 0.6) is 0 Å². The Kier molecular flexibility index (Phi) is 5.19. The van der Waals surface area contributed by atoms with Gasteiger partial charge in [0.25, 0.3) is 0 Å². The molecule has 0 radical (unpaired) electrons. The van der Waals surface area contributed by atoms with Crippen molar-refractivity contribution in [1.82, 2.24) is 9.80 Å². The second-order valence-electron chi connectivity index (χ2n) is 7.36. The second kappa shape index (κ2) is 6.75. The minimum Gasteiger partial charge on any atom is -0.444 e. The summed E-state index contributed by atoms with van der Waals surface area (Å²) in [5, 5.41) is 0. The average molecular weight is 310 g/mol. The van der Waals surface area contributed by atoms with E-state index < -0.39 is 5.60 Å². The van der Waals surface area contributed by atoms with Crippen LogP contribution in [-0.4, -0.2) is 59.7 Å². The van der Waals surface area contributed by atoms with Crippen LogP contribution in [0, 0.1) is 0 Å². The maximum absolute atomic E-state index is 12.3. The number of piperidine rings is 1. The molecular formula is C16H30N4O2. The van der Waals surface area contributed by atoms with Crippen molar-refractivity contribution in [1.29, 1.82) is 0 Å². The number of ether oxygens (including phenoxy) is 1. The molecule has 1 amide bonds. The van der Waals surface area contributed by atoms with Crippen LogP contribution >= 0.6 is 0 Å². The molecule has 2 rings (SSSR count). The first-order chi connectivity index (χ1) is 10.3. The van der Waals surface area contributed by atoms with Crippen molar-refractivity contribution in [3.05, 3.63) is 0 Å². The summed E-state index contributed by atoms with van der Waals surface area (Å²) in [4.78, 5) is 20.7. The smallest absolute Gasteiger partial charge is 0.410 e. The SMILES string of the molecule is CN(C(N)=NC[C@@H]1CCCCN1C(=O)OC(C)(C)C)C1CC1. The fourth-order valence-electron chi connectivity index (χ4n) is 2.71. The van der Waals surface area contributed by atoms with Crippen LogP contribution in [-0.2, 0) is 4.74 Å². The van der Waals surface area contributed by atoms with Crippen molar-refractivity contribution in [2.24, 2.45) is 10.7 Å². The molecular weight excluding hydrogens is 280 g/mol. The number of nitrogens with zero attached hydrogens (tertiary/aromatic N) is 3. The maximum Gasteiger partial charge on any atom is 0.410 e. The molecule has 0 spiro atoms. The lowest BCUT2D eigenvalue weighted by Crippen LogP contribution is -2.48. The minimum atomic E-state index is -0.465. The molecule has 1 atom stereocenters. The summed E-state index contributed by atoms with van der Waals surface area (Å²) in [6.07, 6.45) is 5.26. The molecule has 2 aliphatic rings. The molecule has 126 valence electrons. The van der Waals surface area contributed by atoms with Gasteiger partial charge < -0.3 is 20.3 Å². The third-order valence-electron chi connectivity index (χ3n) is 4.18. The lowest BCUT2D eigenvalue weighted by atomic mass is 10.0. The summed E-state index contributed by atoms with van der Waals surface area (Å²) >= 11 is 0. The van der Waals surface area contributed by atoms with E-state index in [1.165, 1.54) is 12.8 Å². The van der Waals surface area contributed by atoms with Crippen LogP contribution in [0.4, 0.5) is 4.79 Å². The van der Waals surface area contributed by atoms with Crippen LogP contribution in [0.2, 0.25) is 0 Å². The number of guanidine groups is 1. The zero-order chi connectivity index (χ0) is 16.3. The molecule has 6 heteroatoms. The first kappa shape index (κ1) is 16.9. The van der Waals surface area contributed by atoms with E-state index in [-0.39, 0.29) is 12.1 Å². The molecule has 2 fully saturated rings. The average Bonchev–Trinajstić information content (AvgIpc) is 3.27. The summed E-state index contributed by atoms with van der Waals surface area (Å²) < 4.78 is 5.51. The standard InChI is InChI=1S/C16H30N4O2/c1-16(2,3)22-15(21)20-10-6-5-7-13(20)11-18-14(17)19(4)12-8-9-12/h12-13H,5-11H2,1-4H3,(H2,17,18)/t13-/m0/s1. The van der Waals surface area contributed by atoms with E-state index in [2.05, 4.69) is 4.99 Å². The normalized spacial score (nSPS) is 23.4. The number of aliphatic imine (C=N–C) groups is 1. The predicted octanol–water partition coefficient (Wildman–Crippen LogP) is 2.18.